The van der Waals surface area contributed by atoms with Crippen LogP contribution in [-0.4, -0.2) is 19.0 Å². The van der Waals surface area contributed by atoms with Crippen molar-refractivity contribution in [1.29, 1.82) is 0 Å². The van der Waals surface area contributed by atoms with Gasteiger partial charge in [-0.15, -0.1) is 0 Å². The molecule has 1 aromatic carbocycles. The molecule has 0 saturated heterocycles. The van der Waals surface area contributed by atoms with Crippen LogP contribution in [0.2, 0.25) is 0 Å². The molecule has 2 atom stereocenters. The molecule has 1 heterocycles. The number of anilines is 1. The molecule has 0 bridgehead atoms. The van der Waals surface area contributed by atoms with Gasteiger partial charge in [0.05, 0.1) is 0 Å². The van der Waals surface area contributed by atoms with Crippen molar-refractivity contribution >= 4 is 11.6 Å². The van der Waals surface area contributed by atoms with Crippen LogP contribution in [0.3, 0.4) is 0 Å². The summed E-state index contributed by atoms with van der Waals surface area (Å²) < 4.78 is 0. The lowest BCUT2D eigenvalue weighted by Crippen LogP contribution is -2.39. The highest BCUT2D eigenvalue weighted by Crippen LogP contribution is 2.56. The maximum atomic E-state index is 13.0. The number of nitrogens with two attached hydrogens (primary N) is 1. The van der Waals surface area contributed by atoms with Crippen molar-refractivity contribution in [2.45, 2.75) is 37.5 Å². The van der Waals surface area contributed by atoms with E-state index in [0.717, 1.165) is 31.5 Å². The Labute approximate surface area is 120 Å². The molecule has 1 amide bonds. The minimum atomic E-state index is 0.155. The molecule has 0 radical (unpaired) electrons. The first kappa shape index (κ1) is 12.4. The molecule has 3 nitrogen and oxygen atoms in total. The lowest BCUT2D eigenvalue weighted by Gasteiger charge is -2.25. The second-order valence-corrected chi connectivity index (χ2v) is 6.76. The molecule has 1 aromatic rings. The normalized spacial score (nSPS) is 29.8. The molecule has 106 valence electrons. The van der Waals surface area contributed by atoms with Crippen LogP contribution in [0.25, 0.3) is 0 Å². The molecular weight excluding hydrogens is 248 g/mol. The summed E-state index contributed by atoms with van der Waals surface area (Å²) in [5.74, 6) is 0.876. The number of rotatable bonds is 2. The number of fused-ring (bicyclic) bond motifs is 2. The second-order valence-electron chi connectivity index (χ2n) is 6.76. The number of hydrogen-bond acceptors (Lipinski definition) is 2. The number of hydrogen-bond donors (Lipinski definition) is 1. The second kappa shape index (κ2) is 4.32. The van der Waals surface area contributed by atoms with Crippen LogP contribution in [0.5, 0.6) is 0 Å². The van der Waals surface area contributed by atoms with E-state index in [2.05, 4.69) is 29.2 Å². The van der Waals surface area contributed by atoms with E-state index in [9.17, 15) is 4.79 Å². The predicted molar refractivity (Wildman–Crippen MR) is 79.6 cm³/mol. The highest BCUT2D eigenvalue weighted by Gasteiger charge is 2.53. The van der Waals surface area contributed by atoms with Crippen LogP contribution in [0.15, 0.2) is 24.3 Å². The molecule has 4 rings (SSSR count). The van der Waals surface area contributed by atoms with Gasteiger partial charge in [0.1, 0.15) is 0 Å². The summed E-state index contributed by atoms with van der Waals surface area (Å²) >= 11 is 0. The maximum Gasteiger partial charge on any atom is 0.230 e. The zero-order valence-corrected chi connectivity index (χ0v) is 11.8. The van der Waals surface area contributed by atoms with Crippen LogP contribution >= 0.6 is 0 Å². The molecule has 1 aliphatic heterocycles. The van der Waals surface area contributed by atoms with Gasteiger partial charge in [-0.2, -0.15) is 0 Å². The highest BCUT2D eigenvalue weighted by atomic mass is 16.2. The first-order valence-electron chi connectivity index (χ1n) is 7.86. The lowest BCUT2D eigenvalue weighted by atomic mass is 9.94. The lowest BCUT2D eigenvalue weighted by molar-refractivity contribution is -0.123. The van der Waals surface area contributed by atoms with Crippen LogP contribution in [0.4, 0.5) is 5.69 Å². The van der Waals surface area contributed by atoms with Gasteiger partial charge in [-0.25, -0.2) is 0 Å². The Kier molecular flexibility index (Phi) is 2.68. The minimum absolute atomic E-state index is 0.155. The number of para-hydroxylation sites is 1. The molecule has 2 N–H and O–H groups in total. The number of nitrogens with zero attached hydrogens (tertiary/aromatic N) is 1. The van der Waals surface area contributed by atoms with Gasteiger partial charge in [-0.1, -0.05) is 24.6 Å². The zero-order chi connectivity index (χ0) is 13.7. The number of carbonyl (C=O) groups excluding carboxylic acids is 1. The Morgan fingerprint density at radius 2 is 2.10 bits per heavy atom. The third-order valence-corrected chi connectivity index (χ3v) is 5.63. The van der Waals surface area contributed by atoms with E-state index in [1.807, 2.05) is 0 Å². The largest absolute Gasteiger partial charge is 0.330 e. The zero-order valence-electron chi connectivity index (χ0n) is 11.8. The molecule has 2 fully saturated rings. The van der Waals surface area contributed by atoms with Gasteiger partial charge in [0.25, 0.3) is 0 Å². The van der Waals surface area contributed by atoms with Gasteiger partial charge in [-0.05, 0) is 49.8 Å². The Balaban J connectivity index is 1.65. The summed E-state index contributed by atoms with van der Waals surface area (Å²) in [7, 11) is 0. The monoisotopic (exact) mass is 270 g/mol. The van der Waals surface area contributed by atoms with Gasteiger partial charge >= 0.3 is 0 Å². The summed E-state index contributed by atoms with van der Waals surface area (Å²) in [5, 5.41) is 0. The summed E-state index contributed by atoms with van der Waals surface area (Å²) in [6.45, 7) is 1.55. The number of carbonyl (C=O) groups is 1. The molecule has 3 heteroatoms. The van der Waals surface area contributed by atoms with Gasteiger partial charge < -0.3 is 10.6 Å². The van der Waals surface area contributed by atoms with E-state index < -0.39 is 0 Å². The molecule has 3 aliphatic rings. The van der Waals surface area contributed by atoms with Crippen molar-refractivity contribution in [2.24, 2.45) is 17.6 Å². The van der Waals surface area contributed by atoms with Crippen LogP contribution in [0, 0.1) is 11.8 Å². The van der Waals surface area contributed by atoms with E-state index in [0.29, 0.717) is 23.8 Å². The fourth-order valence-electron chi connectivity index (χ4n) is 4.25. The fraction of sp³-hybridized carbons (Fsp3) is 0.588. The Bertz CT molecular complexity index is 550. The minimum Gasteiger partial charge on any atom is -0.330 e. The fourth-order valence-corrected chi connectivity index (χ4v) is 4.25. The quantitative estimate of drug-likeness (QED) is 0.897. The van der Waals surface area contributed by atoms with Crippen molar-refractivity contribution < 1.29 is 4.79 Å². The van der Waals surface area contributed by atoms with E-state index in [4.69, 9.17) is 5.73 Å². The van der Waals surface area contributed by atoms with Gasteiger partial charge in [0, 0.05) is 23.6 Å². The molecule has 1 spiro atoms. The Hall–Kier alpha value is -1.35. The van der Waals surface area contributed by atoms with Crippen molar-refractivity contribution in [3.63, 3.8) is 0 Å². The van der Waals surface area contributed by atoms with Crippen LogP contribution in [-0.2, 0) is 10.2 Å². The van der Waals surface area contributed by atoms with Crippen LogP contribution < -0.4 is 10.6 Å². The van der Waals surface area contributed by atoms with Crippen molar-refractivity contribution in [3.8, 4) is 0 Å². The van der Waals surface area contributed by atoms with Crippen molar-refractivity contribution in [1.82, 2.24) is 0 Å². The Morgan fingerprint density at radius 1 is 1.30 bits per heavy atom. The molecule has 0 unspecified atom stereocenters. The van der Waals surface area contributed by atoms with E-state index in [1.54, 1.807) is 0 Å². The highest BCUT2D eigenvalue weighted by molar-refractivity contribution is 5.98. The van der Waals surface area contributed by atoms with Crippen molar-refractivity contribution in [3.05, 3.63) is 29.8 Å². The average molecular weight is 270 g/mol. The molecular formula is C17H22N2O. The van der Waals surface area contributed by atoms with Gasteiger partial charge in [-0.3, -0.25) is 4.79 Å². The van der Waals surface area contributed by atoms with Crippen molar-refractivity contribution in [2.75, 3.05) is 18.0 Å². The SMILES string of the molecule is NC[C@H]1CCC[C@H]1C(=O)N1CC2(CC2)c2ccccc21. The third kappa shape index (κ3) is 1.65. The van der Waals surface area contributed by atoms with E-state index >= 15 is 0 Å². The topological polar surface area (TPSA) is 46.3 Å². The summed E-state index contributed by atoms with van der Waals surface area (Å²) in [4.78, 5) is 15.0. The van der Waals surface area contributed by atoms with E-state index in [-0.39, 0.29) is 5.92 Å². The van der Waals surface area contributed by atoms with Gasteiger partial charge in [0.2, 0.25) is 5.91 Å². The van der Waals surface area contributed by atoms with Gasteiger partial charge in [0.15, 0.2) is 0 Å². The number of benzene rings is 1. The van der Waals surface area contributed by atoms with E-state index in [1.165, 1.54) is 18.4 Å². The average Bonchev–Trinajstić information content (AvgIpc) is 2.98. The first-order valence-corrected chi connectivity index (χ1v) is 7.86. The van der Waals surface area contributed by atoms with Crippen LogP contribution in [0.1, 0.15) is 37.7 Å². The summed E-state index contributed by atoms with van der Waals surface area (Å²) in [6.07, 6.45) is 5.76. The smallest absolute Gasteiger partial charge is 0.230 e. The molecule has 2 saturated carbocycles. The summed E-state index contributed by atoms with van der Waals surface area (Å²) in [6, 6.07) is 8.48. The number of amides is 1. The maximum absolute atomic E-state index is 13.0. The molecule has 20 heavy (non-hydrogen) atoms. The molecule has 0 aromatic heterocycles. The Morgan fingerprint density at radius 3 is 2.85 bits per heavy atom. The third-order valence-electron chi connectivity index (χ3n) is 5.63. The standard InChI is InChI=1S/C17H22N2O/c18-10-12-4-3-5-13(12)16(20)19-11-17(8-9-17)14-6-1-2-7-15(14)19/h1-2,6-7,12-13H,3-5,8-11,18H2/t12-,13-/m1/s1. The summed E-state index contributed by atoms with van der Waals surface area (Å²) in [5.41, 5.74) is 8.71. The first-order chi connectivity index (χ1) is 9.75. The molecule has 2 aliphatic carbocycles. The predicted octanol–water partition coefficient (Wildman–Crippen LogP) is 2.44.